The Bertz CT molecular complexity index is 588. The van der Waals surface area contributed by atoms with Crippen LogP contribution in [0.15, 0.2) is 36.4 Å². The van der Waals surface area contributed by atoms with E-state index in [9.17, 15) is 10.2 Å². The van der Waals surface area contributed by atoms with Crippen LogP contribution in [-0.2, 0) is 4.74 Å². The lowest BCUT2D eigenvalue weighted by molar-refractivity contribution is 0.00576. The molecule has 0 fully saturated rings. The predicted molar refractivity (Wildman–Crippen MR) is 99.6 cm³/mol. The molecule has 0 heterocycles. The van der Waals surface area contributed by atoms with Crippen molar-refractivity contribution in [1.82, 2.24) is 0 Å². The highest BCUT2D eigenvalue weighted by atomic mass is 127. The molecule has 0 saturated heterocycles. The molecule has 0 aliphatic carbocycles. The SMILES string of the molecule is CC(OC(C)c1ccc(O)c(I)c1)c1ccc(O)c(I)c1. The average Bonchev–Trinajstić information content (AvgIpc) is 2.44. The summed E-state index contributed by atoms with van der Waals surface area (Å²) in [5.41, 5.74) is 2.05. The van der Waals surface area contributed by atoms with E-state index in [1.165, 1.54) is 0 Å². The molecule has 21 heavy (non-hydrogen) atoms. The van der Waals surface area contributed by atoms with E-state index in [0.717, 1.165) is 18.3 Å². The summed E-state index contributed by atoms with van der Waals surface area (Å²) in [5.74, 6) is 0.570. The maximum atomic E-state index is 9.57. The molecule has 2 aromatic carbocycles. The van der Waals surface area contributed by atoms with Gasteiger partial charge < -0.3 is 14.9 Å². The molecule has 0 spiro atoms. The first-order valence-corrected chi connectivity index (χ1v) is 8.66. The molecule has 5 heteroatoms. The van der Waals surface area contributed by atoms with Gasteiger partial charge in [0.05, 0.1) is 19.3 Å². The van der Waals surface area contributed by atoms with E-state index >= 15 is 0 Å². The third-order valence-corrected chi connectivity index (χ3v) is 5.02. The van der Waals surface area contributed by atoms with Crippen molar-refractivity contribution in [3.8, 4) is 11.5 Å². The molecule has 2 rings (SSSR count). The molecule has 0 amide bonds. The largest absolute Gasteiger partial charge is 0.507 e. The molecule has 112 valence electrons. The molecule has 0 aliphatic heterocycles. The Labute approximate surface area is 151 Å². The highest BCUT2D eigenvalue weighted by Gasteiger charge is 2.14. The van der Waals surface area contributed by atoms with Crippen LogP contribution in [0, 0.1) is 7.14 Å². The lowest BCUT2D eigenvalue weighted by Crippen LogP contribution is -2.05. The van der Waals surface area contributed by atoms with Crippen molar-refractivity contribution < 1.29 is 14.9 Å². The van der Waals surface area contributed by atoms with Crippen LogP contribution in [0.4, 0.5) is 0 Å². The lowest BCUT2D eigenvalue weighted by atomic mass is 10.1. The van der Waals surface area contributed by atoms with Gasteiger partial charge in [0.15, 0.2) is 0 Å². The minimum atomic E-state index is -0.0828. The lowest BCUT2D eigenvalue weighted by Gasteiger charge is -2.20. The van der Waals surface area contributed by atoms with Crippen LogP contribution >= 0.6 is 45.2 Å². The van der Waals surface area contributed by atoms with Crippen LogP contribution in [0.3, 0.4) is 0 Å². The zero-order valence-electron chi connectivity index (χ0n) is 11.7. The van der Waals surface area contributed by atoms with E-state index in [0.29, 0.717) is 0 Å². The summed E-state index contributed by atoms with van der Waals surface area (Å²) in [6, 6.07) is 11.0. The first kappa shape index (κ1) is 16.8. The van der Waals surface area contributed by atoms with Crippen LogP contribution < -0.4 is 0 Å². The number of benzene rings is 2. The Kier molecular flexibility index (Phi) is 5.73. The Morgan fingerprint density at radius 3 is 1.52 bits per heavy atom. The number of halogens is 2. The third kappa shape index (κ3) is 4.23. The van der Waals surface area contributed by atoms with Crippen molar-refractivity contribution in [2.45, 2.75) is 26.1 Å². The monoisotopic (exact) mass is 510 g/mol. The molecular formula is C16H16I2O3. The molecule has 2 aromatic rings. The molecular weight excluding hydrogens is 494 g/mol. The molecule has 3 nitrogen and oxygen atoms in total. The van der Waals surface area contributed by atoms with Crippen LogP contribution in [0.5, 0.6) is 11.5 Å². The number of hydrogen-bond donors (Lipinski definition) is 2. The number of rotatable bonds is 4. The van der Waals surface area contributed by atoms with Crippen LogP contribution in [-0.4, -0.2) is 10.2 Å². The summed E-state index contributed by atoms with van der Waals surface area (Å²) in [6.07, 6.45) is -0.166. The minimum Gasteiger partial charge on any atom is -0.507 e. The number of aromatic hydroxyl groups is 2. The number of phenols is 2. The molecule has 0 radical (unpaired) electrons. The fraction of sp³-hybridized carbons (Fsp3) is 0.250. The van der Waals surface area contributed by atoms with Gasteiger partial charge in [-0.1, -0.05) is 12.1 Å². The fourth-order valence-electron chi connectivity index (χ4n) is 2.02. The highest BCUT2D eigenvalue weighted by molar-refractivity contribution is 14.1. The van der Waals surface area contributed by atoms with Gasteiger partial charge >= 0.3 is 0 Å². The van der Waals surface area contributed by atoms with E-state index in [2.05, 4.69) is 45.2 Å². The predicted octanol–water partition coefficient (Wildman–Crippen LogP) is 5.15. The molecule has 0 aliphatic rings. The first-order chi connectivity index (χ1) is 9.88. The van der Waals surface area contributed by atoms with Gasteiger partial charge in [0, 0.05) is 0 Å². The summed E-state index contributed by atoms with van der Waals surface area (Å²) in [4.78, 5) is 0. The van der Waals surface area contributed by atoms with Gasteiger partial charge in [0.2, 0.25) is 0 Å². The molecule has 0 saturated carbocycles. The van der Waals surface area contributed by atoms with Gasteiger partial charge in [0.25, 0.3) is 0 Å². The second-order valence-electron chi connectivity index (χ2n) is 4.84. The Balaban J connectivity index is 2.12. The quantitative estimate of drug-likeness (QED) is 0.561. The maximum Gasteiger partial charge on any atom is 0.128 e. The summed E-state index contributed by atoms with van der Waals surface area (Å²) in [7, 11) is 0. The fourth-order valence-corrected chi connectivity index (χ4v) is 3.09. The van der Waals surface area contributed by atoms with Gasteiger partial charge in [-0.25, -0.2) is 0 Å². The average molecular weight is 510 g/mol. The van der Waals surface area contributed by atoms with Crippen LogP contribution in [0.25, 0.3) is 0 Å². The molecule has 2 unspecified atom stereocenters. The van der Waals surface area contributed by atoms with Gasteiger partial charge in [-0.05, 0) is 94.4 Å². The van der Waals surface area contributed by atoms with Gasteiger partial charge in [-0.3, -0.25) is 0 Å². The molecule has 0 aromatic heterocycles. The highest BCUT2D eigenvalue weighted by Crippen LogP contribution is 2.31. The molecule has 2 atom stereocenters. The third-order valence-electron chi connectivity index (χ3n) is 3.29. The normalized spacial score (nSPS) is 13.9. The second kappa shape index (κ2) is 7.15. The molecule has 2 N–H and O–H groups in total. The van der Waals surface area contributed by atoms with Crippen molar-refractivity contribution in [3.63, 3.8) is 0 Å². The van der Waals surface area contributed by atoms with E-state index < -0.39 is 0 Å². The zero-order chi connectivity index (χ0) is 15.6. The topological polar surface area (TPSA) is 49.7 Å². The van der Waals surface area contributed by atoms with E-state index in [1.54, 1.807) is 12.1 Å². The second-order valence-corrected chi connectivity index (χ2v) is 7.17. The van der Waals surface area contributed by atoms with Crippen LogP contribution in [0.2, 0.25) is 0 Å². The van der Waals surface area contributed by atoms with Gasteiger partial charge in [-0.2, -0.15) is 0 Å². The van der Waals surface area contributed by atoms with E-state index in [4.69, 9.17) is 4.74 Å². The van der Waals surface area contributed by atoms with E-state index in [-0.39, 0.29) is 23.7 Å². The van der Waals surface area contributed by atoms with Gasteiger partial charge in [-0.15, -0.1) is 0 Å². The Morgan fingerprint density at radius 2 is 1.19 bits per heavy atom. The standard InChI is InChI=1S/C16H16I2O3/c1-9(11-3-5-15(19)13(17)7-11)21-10(2)12-4-6-16(20)14(18)8-12/h3-10,19-20H,1-2H3. The summed E-state index contributed by atoms with van der Waals surface area (Å²) in [6.45, 7) is 3.98. The summed E-state index contributed by atoms with van der Waals surface area (Å²) < 4.78 is 7.67. The van der Waals surface area contributed by atoms with Gasteiger partial charge in [0.1, 0.15) is 11.5 Å². The van der Waals surface area contributed by atoms with Crippen molar-refractivity contribution in [1.29, 1.82) is 0 Å². The number of hydrogen-bond acceptors (Lipinski definition) is 3. The number of ether oxygens (including phenoxy) is 1. The number of phenolic OH excluding ortho intramolecular Hbond substituents is 2. The smallest absolute Gasteiger partial charge is 0.128 e. The van der Waals surface area contributed by atoms with Crippen molar-refractivity contribution >= 4 is 45.2 Å². The minimum absolute atomic E-state index is 0.0828. The zero-order valence-corrected chi connectivity index (χ0v) is 16.0. The molecule has 0 bridgehead atoms. The summed E-state index contributed by atoms with van der Waals surface area (Å²) >= 11 is 4.20. The Morgan fingerprint density at radius 1 is 0.810 bits per heavy atom. The van der Waals surface area contributed by atoms with Crippen molar-refractivity contribution in [3.05, 3.63) is 54.7 Å². The first-order valence-electron chi connectivity index (χ1n) is 6.50. The maximum absolute atomic E-state index is 9.57. The summed E-state index contributed by atoms with van der Waals surface area (Å²) in [5, 5.41) is 19.1. The Hall–Kier alpha value is -0.540. The van der Waals surface area contributed by atoms with Crippen molar-refractivity contribution in [2.75, 3.05) is 0 Å². The van der Waals surface area contributed by atoms with Crippen molar-refractivity contribution in [2.24, 2.45) is 0 Å². The van der Waals surface area contributed by atoms with Crippen LogP contribution in [0.1, 0.15) is 37.2 Å². The van der Waals surface area contributed by atoms with E-state index in [1.807, 2.05) is 38.1 Å².